The van der Waals surface area contributed by atoms with E-state index in [-0.39, 0.29) is 11.9 Å². The second-order valence-corrected chi connectivity index (χ2v) is 5.53. The lowest BCUT2D eigenvalue weighted by molar-refractivity contribution is 0.174. The number of aromatic nitrogens is 2. The molecule has 4 rings (SSSR count). The van der Waals surface area contributed by atoms with Crippen molar-refractivity contribution in [2.24, 2.45) is 0 Å². The molecule has 0 fully saturated rings. The number of nitrogens with zero attached hydrogens (tertiary/aromatic N) is 2. The molecule has 0 aliphatic carbocycles. The molecule has 0 saturated heterocycles. The zero-order valence-electron chi connectivity index (χ0n) is 13.2. The molecule has 0 radical (unpaired) electrons. The van der Waals surface area contributed by atoms with E-state index >= 15 is 0 Å². The highest BCUT2D eigenvalue weighted by Gasteiger charge is 2.16. The van der Waals surface area contributed by atoms with Crippen LogP contribution < -0.4 is 18.9 Å². The molecule has 0 unspecified atom stereocenters. The third-order valence-corrected chi connectivity index (χ3v) is 3.90. The van der Waals surface area contributed by atoms with E-state index < -0.39 is 0 Å². The Hall–Kier alpha value is -2.99. The molecule has 25 heavy (non-hydrogen) atoms. The van der Waals surface area contributed by atoms with Crippen molar-refractivity contribution in [1.29, 1.82) is 0 Å². The minimum Gasteiger partial charge on any atom is -0.493 e. The van der Waals surface area contributed by atoms with E-state index in [2.05, 4.69) is 9.97 Å². The van der Waals surface area contributed by atoms with Gasteiger partial charge >= 0.3 is 0 Å². The van der Waals surface area contributed by atoms with Crippen molar-refractivity contribution < 1.29 is 18.9 Å². The summed E-state index contributed by atoms with van der Waals surface area (Å²) in [6, 6.07) is 12.7. The molecular weight excluding hydrogens is 344 g/mol. The fraction of sp³-hybridized carbons (Fsp3) is 0.111. The lowest BCUT2D eigenvalue weighted by Crippen LogP contribution is -1.95. The maximum absolute atomic E-state index is 6.27. The van der Waals surface area contributed by atoms with E-state index in [1.165, 1.54) is 6.20 Å². The van der Waals surface area contributed by atoms with E-state index in [9.17, 15) is 0 Å². The van der Waals surface area contributed by atoms with Crippen LogP contribution in [0.2, 0.25) is 5.15 Å². The van der Waals surface area contributed by atoms with Crippen LogP contribution in [0, 0.1) is 0 Å². The van der Waals surface area contributed by atoms with Gasteiger partial charge in [-0.05, 0) is 30.3 Å². The molecule has 0 saturated carbocycles. The zero-order chi connectivity index (χ0) is 17.2. The van der Waals surface area contributed by atoms with Gasteiger partial charge < -0.3 is 18.9 Å². The van der Waals surface area contributed by atoms with Crippen LogP contribution in [0.1, 0.15) is 0 Å². The molecule has 1 aliphatic rings. The molecule has 0 N–H and O–H groups in total. The van der Waals surface area contributed by atoms with E-state index in [1.807, 2.05) is 30.3 Å². The van der Waals surface area contributed by atoms with Gasteiger partial charge in [0.25, 0.3) is 0 Å². The van der Waals surface area contributed by atoms with Crippen LogP contribution in [0.4, 0.5) is 0 Å². The third-order valence-electron chi connectivity index (χ3n) is 3.63. The Morgan fingerprint density at radius 3 is 2.60 bits per heavy atom. The number of hydrogen-bond acceptors (Lipinski definition) is 6. The summed E-state index contributed by atoms with van der Waals surface area (Å²) >= 11 is 6.27. The largest absolute Gasteiger partial charge is 0.493 e. The Morgan fingerprint density at radius 1 is 1.00 bits per heavy atom. The van der Waals surface area contributed by atoms with Gasteiger partial charge in [0.2, 0.25) is 6.79 Å². The molecule has 0 amide bonds. The molecule has 1 aromatic heterocycles. The van der Waals surface area contributed by atoms with Gasteiger partial charge in [-0.2, -0.15) is 0 Å². The molecule has 6 nitrogen and oxygen atoms in total. The van der Waals surface area contributed by atoms with Crippen LogP contribution in [0.5, 0.6) is 28.7 Å². The van der Waals surface area contributed by atoms with Crippen molar-refractivity contribution in [3.63, 3.8) is 0 Å². The molecule has 0 atom stereocenters. The van der Waals surface area contributed by atoms with Crippen LogP contribution in [-0.2, 0) is 0 Å². The van der Waals surface area contributed by atoms with Gasteiger partial charge in [0.15, 0.2) is 39.7 Å². The van der Waals surface area contributed by atoms with Gasteiger partial charge in [0, 0.05) is 5.56 Å². The normalized spacial score (nSPS) is 12.1. The fourth-order valence-corrected chi connectivity index (χ4v) is 2.58. The molecule has 0 bridgehead atoms. The quantitative estimate of drug-likeness (QED) is 0.648. The van der Waals surface area contributed by atoms with E-state index in [4.69, 9.17) is 30.5 Å². The predicted octanol–water partition coefficient (Wildman–Crippen LogP) is 4.33. The Morgan fingerprint density at radius 2 is 1.80 bits per heavy atom. The van der Waals surface area contributed by atoms with Gasteiger partial charge in [0.05, 0.1) is 13.3 Å². The summed E-state index contributed by atoms with van der Waals surface area (Å²) in [6.45, 7) is 0.214. The summed E-state index contributed by atoms with van der Waals surface area (Å²) in [5, 5.41) is 0.202. The monoisotopic (exact) mass is 356 g/mol. The maximum Gasteiger partial charge on any atom is 0.231 e. The Kier molecular flexibility index (Phi) is 4.03. The van der Waals surface area contributed by atoms with Crippen molar-refractivity contribution >= 4 is 11.6 Å². The number of fused-ring (bicyclic) bond motifs is 1. The Balaban J connectivity index is 1.63. The summed E-state index contributed by atoms with van der Waals surface area (Å²) in [6.07, 6.45) is 1.53. The maximum atomic E-state index is 6.27. The third kappa shape index (κ3) is 3.04. The molecule has 0 spiro atoms. The van der Waals surface area contributed by atoms with Crippen molar-refractivity contribution in [2.75, 3.05) is 13.9 Å². The van der Waals surface area contributed by atoms with Crippen LogP contribution in [-0.4, -0.2) is 23.9 Å². The molecular formula is C18H13ClN2O4. The fourth-order valence-electron chi connectivity index (χ4n) is 2.41. The molecule has 2 heterocycles. The molecule has 1 aliphatic heterocycles. The van der Waals surface area contributed by atoms with Crippen molar-refractivity contribution in [1.82, 2.24) is 9.97 Å². The van der Waals surface area contributed by atoms with Crippen LogP contribution >= 0.6 is 11.6 Å². The molecule has 126 valence electrons. The highest BCUT2D eigenvalue weighted by atomic mass is 35.5. The van der Waals surface area contributed by atoms with E-state index in [0.29, 0.717) is 34.6 Å². The summed E-state index contributed by atoms with van der Waals surface area (Å²) in [7, 11) is 1.57. The number of methoxy groups -OCH3 is 1. The summed E-state index contributed by atoms with van der Waals surface area (Å²) in [5.41, 5.74) is 0.773. The highest BCUT2D eigenvalue weighted by molar-refractivity contribution is 6.30. The zero-order valence-corrected chi connectivity index (χ0v) is 14.0. The predicted molar refractivity (Wildman–Crippen MR) is 91.7 cm³/mol. The highest BCUT2D eigenvalue weighted by Crippen LogP contribution is 2.37. The van der Waals surface area contributed by atoms with Crippen molar-refractivity contribution in [3.05, 3.63) is 53.8 Å². The lowest BCUT2D eigenvalue weighted by atomic mass is 10.2. The number of halogens is 1. The first-order chi connectivity index (χ1) is 12.2. The second-order valence-electron chi connectivity index (χ2n) is 5.17. The standard InChI is InChI=1S/C18H13ClN2O4/c1-22-12-4-2-3-5-14(12)25-16-9-20-18(21-17(16)19)11-6-7-13-15(8-11)24-10-23-13/h2-9H,10H2,1H3. The Bertz CT molecular complexity index is 933. The SMILES string of the molecule is COc1ccccc1Oc1cnc(-c2ccc3c(c2)OCO3)nc1Cl. The number of para-hydroxylation sites is 2. The average Bonchev–Trinajstić information content (AvgIpc) is 3.11. The number of ether oxygens (including phenoxy) is 4. The van der Waals surface area contributed by atoms with Crippen LogP contribution in [0.15, 0.2) is 48.7 Å². The van der Waals surface area contributed by atoms with Crippen molar-refractivity contribution in [2.45, 2.75) is 0 Å². The van der Waals surface area contributed by atoms with Gasteiger partial charge in [-0.3, -0.25) is 0 Å². The molecule has 2 aromatic carbocycles. The lowest BCUT2D eigenvalue weighted by Gasteiger charge is -2.11. The topological polar surface area (TPSA) is 62.7 Å². The van der Waals surface area contributed by atoms with Gasteiger partial charge in [-0.25, -0.2) is 9.97 Å². The van der Waals surface area contributed by atoms with Crippen molar-refractivity contribution in [3.8, 4) is 40.1 Å². The number of rotatable bonds is 4. The van der Waals surface area contributed by atoms with Crippen LogP contribution in [0.25, 0.3) is 11.4 Å². The summed E-state index contributed by atoms with van der Waals surface area (Å²) < 4.78 is 21.7. The minimum absolute atomic E-state index is 0.202. The van der Waals surface area contributed by atoms with E-state index in [0.717, 1.165) is 5.56 Å². The van der Waals surface area contributed by atoms with Gasteiger partial charge in [-0.15, -0.1) is 0 Å². The molecule has 7 heteroatoms. The van der Waals surface area contributed by atoms with Gasteiger partial charge in [0.1, 0.15) is 0 Å². The first kappa shape index (κ1) is 15.5. The van der Waals surface area contributed by atoms with Crippen LogP contribution in [0.3, 0.4) is 0 Å². The van der Waals surface area contributed by atoms with Gasteiger partial charge in [-0.1, -0.05) is 23.7 Å². The molecule has 3 aromatic rings. The van der Waals surface area contributed by atoms with E-state index in [1.54, 1.807) is 19.2 Å². The minimum atomic E-state index is 0.202. The second kappa shape index (κ2) is 6.49. The first-order valence-corrected chi connectivity index (χ1v) is 7.86. The Labute approximate surface area is 148 Å². The summed E-state index contributed by atoms with van der Waals surface area (Å²) in [5.74, 6) is 3.30. The first-order valence-electron chi connectivity index (χ1n) is 7.48. The smallest absolute Gasteiger partial charge is 0.231 e. The average molecular weight is 357 g/mol. The number of hydrogen-bond donors (Lipinski definition) is 0. The number of benzene rings is 2. The summed E-state index contributed by atoms with van der Waals surface area (Å²) in [4.78, 5) is 8.64.